The molecule has 1 amide bonds. The van der Waals surface area contributed by atoms with E-state index in [0.29, 0.717) is 10.8 Å². The van der Waals surface area contributed by atoms with Gasteiger partial charge >= 0.3 is 0 Å². The normalized spacial score (nSPS) is 12.1. The van der Waals surface area contributed by atoms with E-state index >= 15 is 0 Å². The highest BCUT2D eigenvalue weighted by molar-refractivity contribution is 6.04. The smallest absolute Gasteiger partial charge is 0.274 e. The second kappa shape index (κ2) is 6.00. The van der Waals surface area contributed by atoms with Crippen LogP contribution in [0.5, 0.6) is 0 Å². The summed E-state index contributed by atoms with van der Waals surface area (Å²) in [5.74, 6) is -0.326. The molecule has 0 saturated carbocycles. The van der Waals surface area contributed by atoms with Gasteiger partial charge in [-0.2, -0.15) is 5.10 Å². The molecule has 1 aromatic carbocycles. The number of hydrogen-bond donors (Lipinski definition) is 1. The summed E-state index contributed by atoms with van der Waals surface area (Å²) in [6, 6.07) is 10.5. The fraction of sp³-hybridized carbons (Fsp3) is 0.176. The maximum atomic E-state index is 12.6. The Labute approximate surface area is 132 Å². The van der Waals surface area contributed by atoms with Crippen LogP contribution in [-0.2, 0) is 7.05 Å². The van der Waals surface area contributed by atoms with Crippen LogP contribution in [0.2, 0.25) is 0 Å². The number of rotatable bonds is 3. The lowest BCUT2D eigenvalue weighted by molar-refractivity contribution is 0.0934. The first-order valence-electron chi connectivity index (χ1n) is 7.25. The van der Waals surface area contributed by atoms with Gasteiger partial charge in [0.1, 0.15) is 0 Å². The highest BCUT2D eigenvalue weighted by Gasteiger charge is 2.17. The lowest BCUT2D eigenvalue weighted by Crippen LogP contribution is -2.31. The summed E-state index contributed by atoms with van der Waals surface area (Å²) in [6.07, 6.45) is 3.39. The summed E-state index contributed by atoms with van der Waals surface area (Å²) in [7, 11) is 1.54. The molecule has 23 heavy (non-hydrogen) atoms. The van der Waals surface area contributed by atoms with Crippen LogP contribution < -0.4 is 10.9 Å². The molecule has 6 heteroatoms. The molecule has 0 fully saturated rings. The standard InChI is InChI=1S/C17H16N4O2/c1-11(12-6-5-9-18-10-12)19-16(22)15-13-7-3-4-8-14(13)17(23)21(2)20-15/h3-11H,1-2H3,(H,19,22). The SMILES string of the molecule is CC(NC(=O)c1nn(C)c(=O)c2ccccc12)c1cccnc1. The third kappa shape index (κ3) is 2.83. The van der Waals surface area contributed by atoms with Crippen molar-refractivity contribution in [3.05, 3.63) is 70.4 Å². The molecule has 1 atom stereocenters. The molecule has 3 aromatic rings. The Morgan fingerprint density at radius 1 is 1.17 bits per heavy atom. The minimum absolute atomic E-state index is 0.214. The molecule has 1 unspecified atom stereocenters. The zero-order chi connectivity index (χ0) is 16.4. The number of carbonyl (C=O) groups excluding carboxylic acids is 1. The first kappa shape index (κ1) is 14.9. The summed E-state index contributed by atoms with van der Waals surface area (Å²) in [4.78, 5) is 28.8. The van der Waals surface area contributed by atoms with Crippen LogP contribution in [0.3, 0.4) is 0 Å². The topological polar surface area (TPSA) is 76.9 Å². The highest BCUT2D eigenvalue weighted by atomic mass is 16.2. The minimum Gasteiger partial charge on any atom is -0.344 e. The van der Waals surface area contributed by atoms with Gasteiger partial charge in [-0.1, -0.05) is 24.3 Å². The van der Waals surface area contributed by atoms with Gasteiger partial charge in [0.15, 0.2) is 5.69 Å². The van der Waals surface area contributed by atoms with Gasteiger partial charge in [-0.15, -0.1) is 0 Å². The quantitative estimate of drug-likeness (QED) is 0.800. The number of hydrogen-bond acceptors (Lipinski definition) is 4. The van der Waals surface area contributed by atoms with Gasteiger partial charge in [0.25, 0.3) is 11.5 Å². The second-order valence-electron chi connectivity index (χ2n) is 5.30. The number of aromatic nitrogens is 3. The average Bonchev–Trinajstić information content (AvgIpc) is 2.58. The van der Waals surface area contributed by atoms with Gasteiger partial charge in [0, 0.05) is 24.8 Å². The molecule has 2 aromatic heterocycles. The Morgan fingerprint density at radius 3 is 2.61 bits per heavy atom. The van der Waals surface area contributed by atoms with Crippen LogP contribution in [0, 0.1) is 0 Å². The number of nitrogens with zero attached hydrogens (tertiary/aromatic N) is 3. The van der Waals surface area contributed by atoms with Gasteiger partial charge in [0.2, 0.25) is 0 Å². The third-order valence-corrected chi connectivity index (χ3v) is 3.70. The third-order valence-electron chi connectivity index (χ3n) is 3.70. The fourth-order valence-corrected chi connectivity index (χ4v) is 2.45. The van der Waals surface area contributed by atoms with Crippen molar-refractivity contribution in [3.8, 4) is 0 Å². The maximum absolute atomic E-state index is 12.6. The number of carbonyl (C=O) groups is 1. The lowest BCUT2D eigenvalue weighted by atomic mass is 10.1. The molecular weight excluding hydrogens is 292 g/mol. The Hall–Kier alpha value is -3.02. The number of amides is 1. The van der Waals surface area contributed by atoms with Crippen LogP contribution in [0.1, 0.15) is 29.0 Å². The second-order valence-corrected chi connectivity index (χ2v) is 5.30. The molecule has 0 aliphatic carbocycles. The Bertz CT molecular complexity index is 919. The monoisotopic (exact) mass is 308 g/mol. The van der Waals surface area contributed by atoms with Gasteiger partial charge in [-0.05, 0) is 24.6 Å². The van der Waals surface area contributed by atoms with Crippen molar-refractivity contribution in [2.24, 2.45) is 7.05 Å². The minimum atomic E-state index is -0.326. The van der Waals surface area contributed by atoms with Crippen molar-refractivity contribution in [2.75, 3.05) is 0 Å². The van der Waals surface area contributed by atoms with E-state index in [0.717, 1.165) is 5.56 Å². The molecule has 0 aliphatic heterocycles. The van der Waals surface area contributed by atoms with E-state index in [1.807, 2.05) is 19.1 Å². The van der Waals surface area contributed by atoms with Crippen molar-refractivity contribution in [2.45, 2.75) is 13.0 Å². The van der Waals surface area contributed by atoms with E-state index < -0.39 is 0 Å². The molecule has 0 saturated heterocycles. The predicted molar refractivity (Wildman–Crippen MR) is 87.1 cm³/mol. The first-order valence-corrected chi connectivity index (χ1v) is 7.25. The maximum Gasteiger partial charge on any atom is 0.274 e. The molecule has 6 nitrogen and oxygen atoms in total. The summed E-state index contributed by atoms with van der Waals surface area (Å²) in [6.45, 7) is 1.87. The van der Waals surface area contributed by atoms with Crippen LogP contribution in [-0.4, -0.2) is 20.7 Å². The van der Waals surface area contributed by atoms with E-state index in [1.165, 1.54) is 11.7 Å². The van der Waals surface area contributed by atoms with Crippen molar-refractivity contribution in [1.82, 2.24) is 20.1 Å². The Morgan fingerprint density at radius 2 is 1.91 bits per heavy atom. The number of benzene rings is 1. The number of aryl methyl sites for hydroxylation is 1. The molecule has 0 spiro atoms. The van der Waals surface area contributed by atoms with Gasteiger partial charge < -0.3 is 5.32 Å². The summed E-state index contributed by atoms with van der Waals surface area (Å²) >= 11 is 0. The number of pyridine rings is 1. The zero-order valence-corrected chi connectivity index (χ0v) is 12.9. The van der Waals surface area contributed by atoms with Crippen molar-refractivity contribution >= 4 is 16.7 Å². The van der Waals surface area contributed by atoms with E-state index in [2.05, 4.69) is 15.4 Å². The number of nitrogens with one attached hydrogen (secondary N) is 1. The van der Waals surface area contributed by atoms with E-state index in [9.17, 15) is 9.59 Å². The van der Waals surface area contributed by atoms with E-state index in [-0.39, 0.29) is 23.2 Å². The van der Waals surface area contributed by atoms with Gasteiger partial charge in [-0.3, -0.25) is 14.6 Å². The van der Waals surface area contributed by atoms with Crippen molar-refractivity contribution < 1.29 is 4.79 Å². The lowest BCUT2D eigenvalue weighted by Gasteiger charge is -2.14. The molecule has 2 heterocycles. The summed E-state index contributed by atoms with van der Waals surface area (Å²) in [5, 5.41) is 8.04. The largest absolute Gasteiger partial charge is 0.344 e. The van der Waals surface area contributed by atoms with Crippen LogP contribution in [0.4, 0.5) is 0 Å². The van der Waals surface area contributed by atoms with E-state index in [1.54, 1.807) is 36.7 Å². The fourth-order valence-electron chi connectivity index (χ4n) is 2.45. The Kier molecular flexibility index (Phi) is 3.89. The average molecular weight is 308 g/mol. The van der Waals surface area contributed by atoms with Crippen LogP contribution in [0.15, 0.2) is 53.6 Å². The summed E-state index contributed by atoms with van der Waals surface area (Å²) < 4.78 is 1.19. The highest BCUT2D eigenvalue weighted by Crippen LogP contribution is 2.15. The molecule has 116 valence electrons. The van der Waals surface area contributed by atoms with E-state index in [4.69, 9.17) is 0 Å². The molecular formula is C17H16N4O2. The van der Waals surface area contributed by atoms with Gasteiger partial charge in [0.05, 0.1) is 11.4 Å². The molecule has 1 N–H and O–H groups in total. The Balaban J connectivity index is 1.99. The first-order chi connectivity index (χ1) is 11.1. The van der Waals surface area contributed by atoms with Gasteiger partial charge in [-0.25, -0.2) is 4.68 Å². The molecule has 3 rings (SSSR count). The molecule has 0 aliphatic rings. The molecule has 0 bridgehead atoms. The number of fused-ring (bicyclic) bond motifs is 1. The van der Waals surface area contributed by atoms with Crippen molar-refractivity contribution in [3.63, 3.8) is 0 Å². The predicted octanol–water partition coefficient (Wildman–Crippen LogP) is 1.82. The van der Waals surface area contributed by atoms with Crippen LogP contribution in [0.25, 0.3) is 10.8 Å². The van der Waals surface area contributed by atoms with Crippen molar-refractivity contribution in [1.29, 1.82) is 0 Å². The van der Waals surface area contributed by atoms with Crippen LogP contribution >= 0.6 is 0 Å². The summed E-state index contributed by atoms with van der Waals surface area (Å²) in [5.41, 5.74) is 0.908. The zero-order valence-electron chi connectivity index (χ0n) is 12.9. The molecule has 0 radical (unpaired) electrons.